The van der Waals surface area contributed by atoms with Gasteiger partial charge in [-0.1, -0.05) is 29.3 Å². The maximum Gasteiger partial charge on any atom is 0.244 e. The summed E-state index contributed by atoms with van der Waals surface area (Å²) in [5.74, 6) is -0.536. The van der Waals surface area contributed by atoms with Crippen LogP contribution in [0, 0.1) is 6.92 Å². The Bertz CT molecular complexity index is 730. The summed E-state index contributed by atoms with van der Waals surface area (Å²) < 4.78 is 0. The van der Waals surface area contributed by atoms with Gasteiger partial charge in [0.1, 0.15) is 6.54 Å². The Labute approximate surface area is 145 Å². The Morgan fingerprint density at radius 2 is 1.74 bits per heavy atom. The van der Waals surface area contributed by atoms with Crippen LogP contribution in [-0.2, 0) is 9.59 Å². The van der Waals surface area contributed by atoms with Gasteiger partial charge in [-0.15, -0.1) is 0 Å². The zero-order valence-corrected chi connectivity index (χ0v) is 14.3. The summed E-state index contributed by atoms with van der Waals surface area (Å²) >= 11 is 11.9. The highest BCUT2D eigenvalue weighted by Gasteiger charge is 2.16. The molecule has 1 N–H and O–H groups in total. The molecule has 0 spiro atoms. The number of rotatable bonds is 4. The molecule has 0 heterocycles. The minimum absolute atomic E-state index is 0.0943. The van der Waals surface area contributed by atoms with Gasteiger partial charge in [-0.3, -0.25) is 9.59 Å². The number of anilines is 2. The van der Waals surface area contributed by atoms with Gasteiger partial charge in [0.2, 0.25) is 11.8 Å². The topological polar surface area (TPSA) is 49.4 Å². The fourth-order valence-corrected chi connectivity index (χ4v) is 2.38. The molecule has 0 unspecified atom stereocenters. The summed E-state index contributed by atoms with van der Waals surface area (Å²) in [6.07, 6.45) is 0. The SMILES string of the molecule is CC(=O)N(CC(=O)Nc1cccc(Cl)c1C)c1ccc(Cl)cc1. The van der Waals surface area contributed by atoms with E-state index < -0.39 is 0 Å². The molecule has 0 saturated heterocycles. The molecule has 2 rings (SSSR count). The second kappa shape index (κ2) is 7.49. The van der Waals surface area contributed by atoms with Crippen LogP contribution in [0.2, 0.25) is 10.0 Å². The standard InChI is InChI=1S/C17H16Cl2N2O2/c1-11-15(19)4-3-5-16(11)20-17(23)10-21(12(2)22)14-8-6-13(18)7-9-14/h3-9H,10H2,1-2H3,(H,20,23). The van der Waals surface area contributed by atoms with Crippen LogP contribution < -0.4 is 10.2 Å². The molecular formula is C17H16Cl2N2O2. The molecule has 120 valence electrons. The number of hydrogen-bond acceptors (Lipinski definition) is 2. The molecule has 0 aromatic heterocycles. The summed E-state index contributed by atoms with van der Waals surface area (Å²) in [4.78, 5) is 25.5. The van der Waals surface area contributed by atoms with E-state index >= 15 is 0 Å². The highest BCUT2D eigenvalue weighted by atomic mass is 35.5. The fourth-order valence-electron chi connectivity index (χ4n) is 2.08. The van der Waals surface area contributed by atoms with Gasteiger partial charge in [-0.25, -0.2) is 0 Å². The van der Waals surface area contributed by atoms with E-state index in [1.165, 1.54) is 11.8 Å². The van der Waals surface area contributed by atoms with Crippen LogP contribution in [0.4, 0.5) is 11.4 Å². The van der Waals surface area contributed by atoms with Gasteiger partial charge in [0.25, 0.3) is 0 Å². The highest BCUT2D eigenvalue weighted by molar-refractivity contribution is 6.31. The Balaban J connectivity index is 2.14. The number of carbonyl (C=O) groups is 2. The molecule has 23 heavy (non-hydrogen) atoms. The van der Waals surface area contributed by atoms with Gasteiger partial charge < -0.3 is 10.2 Å². The molecular weight excluding hydrogens is 335 g/mol. The van der Waals surface area contributed by atoms with E-state index in [0.717, 1.165) is 5.56 Å². The molecule has 2 aromatic carbocycles. The molecule has 4 nitrogen and oxygen atoms in total. The summed E-state index contributed by atoms with van der Waals surface area (Å²) in [5.41, 5.74) is 2.02. The monoisotopic (exact) mass is 350 g/mol. The van der Waals surface area contributed by atoms with E-state index in [-0.39, 0.29) is 18.4 Å². The lowest BCUT2D eigenvalue weighted by Gasteiger charge is -2.21. The number of carbonyl (C=O) groups excluding carboxylic acids is 2. The van der Waals surface area contributed by atoms with Gasteiger partial charge in [0, 0.05) is 28.3 Å². The maximum atomic E-state index is 12.3. The Morgan fingerprint density at radius 1 is 1.09 bits per heavy atom. The number of hydrogen-bond donors (Lipinski definition) is 1. The molecule has 6 heteroatoms. The van der Waals surface area contributed by atoms with Crippen LogP contribution in [0.5, 0.6) is 0 Å². The summed E-state index contributed by atoms with van der Waals surface area (Å²) in [6, 6.07) is 12.0. The lowest BCUT2D eigenvalue weighted by atomic mass is 10.2. The number of amides is 2. The first kappa shape index (κ1) is 17.3. The molecule has 0 saturated carbocycles. The predicted octanol–water partition coefficient (Wildman–Crippen LogP) is 4.29. The summed E-state index contributed by atoms with van der Waals surface area (Å²) in [5, 5.41) is 3.91. The van der Waals surface area contributed by atoms with Crippen molar-refractivity contribution in [3.05, 3.63) is 58.1 Å². The summed E-state index contributed by atoms with van der Waals surface area (Å²) in [7, 11) is 0. The first-order valence-corrected chi connectivity index (χ1v) is 7.72. The van der Waals surface area contributed by atoms with E-state index in [1.807, 2.05) is 6.92 Å². The van der Waals surface area contributed by atoms with Crippen molar-refractivity contribution in [2.75, 3.05) is 16.8 Å². The van der Waals surface area contributed by atoms with Crippen LogP contribution in [-0.4, -0.2) is 18.4 Å². The van der Waals surface area contributed by atoms with E-state index in [1.54, 1.807) is 42.5 Å². The van der Waals surface area contributed by atoms with Crippen LogP contribution in [0.1, 0.15) is 12.5 Å². The van der Waals surface area contributed by atoms with Crippen molar-refractivity contribution in [3.63, 3.8) is 0 Å². The van der Waals surface area contributed by atoms with Crippen molar-refractivity contribution in [1.29, 1.82) is 0 Å². The average Bonchev–Trinajstić information content (AvgIpc) is 2.50. The Morgan fingerprint density at radius 3 is 2.35 bits per heavy atom. The minimum Gasteiger partial charge on any atom is -0.324 e. The van der Waals surface area contributed by atoms with Crippen molar-refractivity contribution in [2.24, 2.45) is 0 Å². The highest BCUT2D eigenvalue weighted by Crippen LogP contribution is 2.23. The Hall–Kier alpha value is -2.04. The number of nitrogens with one attached hydrogen (secondary N) is 1. The molecule has 0 aliphatic rings. The van der Waals surface area contributed by atoms with Crippen LogP contribution >= 0.6 is 23.2 Å². The molecule has 2 aromatic rings. The molecule has 0 fully saturated rings. The fraction of sp³-hybridized carbons (Fsp3) is 0.176. The summed E-state index contributed by atoms with van der Waals surface area (Å²) in [6.45, 7) is 3.13. The molecule has 0 radical (unpaired) electrons. The van der Waals surface area contributed by atoms with E-state index in [9.17, 15) is 9.59 Å². The lowest BCUT2D eigenvalue weighted by Crippen LogP contribution is -2.36. The average molecular weight is 351 g/mol. The second-order valence-corrected chi connectivity index (χ2v) is 5.89. The first-order chi connectivity index (χ1) is 10.9. The van der Waals surface area contributed by atoms with Gasteiger partial charge in [0.05, 0.1) is 0 Å². The molecule has 0 aliphatic heterocycles. The largest absolute Gasteiger partial charge is 0.324 e. The Kier molecular flexibility index (Phi) is 5.64. The normalized spacial score (nSPS) is 10.3. The van der Waals surface area contributed by atoms with Crippen molar-refractivity contribution < 1.29 is 9.59 Å². The minimum atomic E-state index is -0.305. The third-order valence-corrected chi connectivity index (χ3v) is 4.02. The van der Waals surface area contributed by atoms with Gasteiger partial charge >= 0.3 is 0 Å². The lowest BCUT2D eigenvalue weighted by molar-refractivity contribution is -0.120. The number of nitrogens with zero attached hydrogens (tertiary/aromatic N) is 1. The van der Waals surface area contributed by atoms with Gasteiger partial charge in [0.15, 0.2) is 0 Å². The smallest absolute Gasteiger partial charge is 0.244 e. The van der Waals surface area contributed by atoms with E-state index in [0.29, 0.717) is 21.4 Å². The molecule has 0 aliphatic carbocycles. The van der Waals surface area contributed by atoms with Crippen LogP contribution in [0.3, 0.4) is 0 Å². The van der Waals surface area contributed by atoms with E-state index in [2.05, 4.69) is 5.32 Å². The van der Waals surface area contributed by atoms with Crippen molar-refractivity contribution in [3.8, 4) is 0 Å². The molecule has 2 amide bonds. The molecule has 0 atom stereocenters. The third kappa shape index (κ3) is 4.47. The van der Waals surface area contributed by atoms with Crippen LogP contribution in [0.15, 0.2) is 42.5 Å². The van der Waals surface area contributed by atoms with E-state index in [4.69, 9.17) is 23.2 Å². The predicted molar refractivity (Wildman–Crippen MR) is 94.3 cm³/mol. The second-order valence-electron chi connectivity index (χ2n) is 5.04. The van der Waals surface area contributed by atoms with Crippen molar-refractivity contribution >= 4 is 46.4 Å². The quantitative estimate of drug-likeness (QED) is 0.893. The van der Waals surface area contributed by atoms with Crippen molar-refractivity contribution in [2.45, 2.75) is 13.8 Å². The maximum absolute atomic E-state index is 12.3. The zero-order chi connectivity index (χ0) is 17.0. The molecule has 0 bridgehead atoms. The van der Waals surface area contributed by atoms with Crippen molar-refractivity contribution in [1.82, 2.24) is 0 Å². The number of benzene rings is 2. The third-order valence-electron chi connectivity index (χ3n) is 3.36. The van der Waals surface area contributed by atoms with Gasteiger partial charge in [-0.05, 0) is 48.9 Å². The van der Waals surface area contributed by atoms with Gasteiger partial charge in [-0.2, -0.15) is 0 Å². The zero-order valence-electron chi connectivity index (χ0n) is 12.8. The number of halogens is 2. The van der Waals surface area contributed by atoms with Crippen LogP contribution in [0.25, 0.3) is 0 Å². The first-order valence-electron chi connectivity index (χ1n) is 6.97.